The second kappa shape index (κ2) is 4.03. The van der Waals surface area contributed by atoms with Gasteiger partial charge in [0, 0.05) is 4.47 Å². The van der Waals surface area contributed by atoms with Gasteiger partial charge in [-0.25, -0.2) is 0 Å². The summed E-state index contributed by atoms with van der Waals surface area (Å²) >= 11 is 3.37. The molecule has 2 unspecified atom stereocenters. The molecule has 0 bridgehead atoms. The van der Waals surface area contributed by atoms with E-state index in [1.807, 2.05) is 24.3 Å². The van der Waals surface area contributed by atoms with Crippen LogP contribution in [0.2, 0.25) is 0 Å². The lowest BCUT2D eigenvalue weighted by atomic mass is 10.0. The minimum atomic E-state index is -0.524. The first-order chi connectivity index (χ1) is 5.63. The van der Waals surface area contributed by atoms with Gasteiger partial charge in [0.15, 0.2) is 0 Å². The molecule has 2 nitrogen and oxygen atoms in total. The first-order valence-corrected chi connectivity index (χ1v) is 4.60. The molecule has 0 radical (unpaired) electrons. The van der Waals surface area contributed by atoms with Crippen molar-refractivity contribution in [3.8, 4) is 0 Å². The molecule has 0 fully saturated rings. The molecule has 0 aliphatic rings. The summed E-state index contributed by atoms with van der Waals surface area (Å²) in [6.07, 6.45) is -0.524. The van der Waals surface area contributed by atoms with Gasteiger partial charge < -0.3 is 10.8 Å². The zero-order chi connectivity index (χ0) is 9.14. The third-order valence-electron chi connectivity index (χ3n) is 1.78. The summed E-state index contributed by atoms with van der Waals surface area (Å²) in [6.45, 7) is 1.68. The molecule has 0 amide bonds. The molecule has 0 aliphatic heterocycles. The SMILES string of the molecule is CC(O)C(N)c1ccccc1Br. The predicted molar refractivity (Wildman–Crippen MR) is 52.8 cm³/mol. The molecule has 1 aromatic carbocycles. The zero-order valence-corrected chi connectivity index (χ0v) is 8.45. The predicted octanol–water partition coefficient (Wildman–Crippen LogP) is 1.83. The Morgan fingerprint density at radius 1 is 1.42 bits per heavy atom. The summed E-state index contributed by atoms with van der Waals surface area (Å²) in [4.78, 5) is 0. The standard InChI is InChI=1S/C9H12BrNO/c1-6(12)9(11)7-4-2-3-5-8(7)10/h2-6,9,12H,11H2,1H3. The summed E-state index contributed by atoms with van der Waals surface area (Å²) in [6, 6.07) is 7.32. The van der Waals surface area contributed by atoms with E-state index in [-0.39, 0.29) is 6.04 Å². The van der Waals surface area contributed by atoms with Crippen LogP contribution in [0.3, 0.4) is 0 Å². The van der Waals surface area contributed by atoms with Gasteiger partial charge in [-0.05, 0) is 18.6 Å². The van der Waals surface area contributed by atoms with Gasteiger partial charge in [-0.2, -0.15) is 0 Å². The van der Waals surface area contributed by atoms with Crippen molar-refractivity contribution in [2.24, 2.45) is 5.73 Å². The molecular formula is C9H12BrNO. The second-order valence-electron chi connectivity index (χ2n) is 2.79. The fraction of sp³-hybridized carbons (Fsp3) is 0.333. The van der Waals surface area contributed by atoms with Crippen LogP contribution in [-0.4, -0.2) is 11.2 Å². The summed E-state index contributed by atoms with van der Waals surface area (Å²) in [5, 5.41) is 9.25. The van der Waals surface area contributed by atoms with Crippen LogP contribution in [0.1, 0.15) is 18.5 Å². The van der Waals surface area contributed by atoms with Crippen LogP contribution in [0.4, 0.5) is 0 Å². The van der Waals surface area contributed by atoms with Gasteiger partial charge in [0.2, 0.25) is 0 Å². The molecule has 2 atom stereocenters. The average molecular weight is 230 g/mol. The Hall–Kier alpha value is -0.380. The lowest BCUT2D eigenvalue weighted by Gasteiger charge is -2.16. The third-order valence-corrected chi connectivity index (χ3v) is 2.51. The van der Waals surface area contributed by atoms with Gasteiger partial charge in [-0.1, -0.05) is 34.1 Å². The molecule has 66 valence electrons. The largest absolute Gasteiger partial charge is 0.391 e. The summed E-state index contributed by atoms with van der Waals surface area (Å²) in [5.74, 6) is 0. The van der Waals surface area contributed by atoms with Gasteiger partial charge in [-0.15, -0.1) is 0 Å². The van der Waals surface area contributed by atoms with Crippen LogP contribution >= 0.6 is 15.9 Å². The number of hydrogen-bond donors (Lipinski definition) is 2. The maximum absolute atomic E-state index is 9.25. The van der Waals surface area contributed by atoms with Crippen LogP contribution in [0, 0.1) is 0 Å². The minimum absolute atomic E-state index is 0.319. The average Bonchev–Trinajstić information content (AvgIpc) is 2.04. The highest BCUT2D eigenvalue weighted by molar-refractivity contribution is 9.10. The zero-order valence-electron chi connectivity index (χ0n) is 6.87. The first-order valence-electron chi connectivity index (χ1n) is 3.81. The molecule has 1 aromatic rings. The van der Waals surface area contributed by atoms with Crippen molar-refractivity contribution >= 4 is 15.9 Å². The number of nitrogens with two attached hydrogens (primary N) is 1. The van der Waals surface area contributed by atoms with Crippen molar-refractivity contribution in [3.63, 3.8) is 0 Å². The molecule has 12 heavy (non-hydrogen) atoms. The molecule has 0 aliphatic carbocycles. The fourth-order valence-corrected chi connectivity index (χ4v) is 1.55. The Kier molecular flexibility index (Phi) is 3.26. The van der Waals surface area contributed by atoms with E-state index in [0.717, 1.165) is 10.0 Å². The Morgan fingerprint density at radius 3 is 2.50 bits per heavy atom. The van der Waals surface area contributed by atoms with Crippen molar-refractivity contribution in [1.82, 2.24) is 0 Å². The summed E-state index contributed by atoms with van der Waals surface area (Å²) in [5.41, 5.74) is 6.70. The fourth-order valence-electron chi connectivity index (χ4n) is 1.01. The van der Waals surface area contributed by atoms with E-state index in [9.17, 15) is 5.11 Å². The molecule has 3 heteroatoms. The van der Waals surface area contributed by atoms with Gasteiger partial charge >= 0.3 is 0 Å². The lowest BCUT2D eigenvalue weighted by molar-refractivity contribution is 0.164. The van der Waals surface area contributed by atoms with Crippen molar-refractivity contribution in [2.75, 3.05) is 0 Å². The number of benzene rings is 1. The van der Waals surface area contributed by atoms with Crippen molar-refractivity contribution in [2.45, 2.75) is 19.1 Å². The van der Waals surface area contributed by atoms with Crippen LogP contribution in [0.15, 0.2) is 28.7 Å². The van der Waals surface area contributed by atoms with Crippen LogP contribution < -0.4 is 5.73 Å². The Bertz CT molecular complexity index is 262. The first kappa shape index (κ1) is 9.71. The van der Waals surface area contributed by atoms with E-state index in [1.54, 1.807) is 6.92 Å². The van der Waals surface area contributed by atoms with Crippen molar-refractivity contribution < 1.29 is 5.11 Å². The maximum atomic E-state index is 9.25. The quantitative estimate of drug-likeness (QED) is 0.814. The summed E-state index contributed by atoms with van der Waals surface area (Å²) < 4.78 is 0.943. The maximum Gasteiger partial charge on any atom is 0.0705 e. The van der Waals surface area contributed by atoms with Crippen LogP contribution in [0.5, 0.6) is 0 Å². The number of aliphatic hydroxyl groups excluding tert-OH is 1. The van der Waals surface area contributed by atoms with E-state index in [4.69, 9.17) is 5.73 Å². The minimum Gasteiger partial charge on any atom is -0.391 e. The molecule has 3 N–H and O–H groups in total. The molecule has 0 spiro atoms. The van der Waals surface area contributed by atoms with E-state index >= 15 is 0 Å². The smallest absolute Gasteiger partial charge is 0.0705 e. The van der Waals surface area contributed by atoms with Crippen LogP contribution in [0.25, 0.3) is 0 Å². The number of aliphatic hydroxyl groups is 1. The second-order valence-corrected chi connectivity index (χ2v) is 3.64. The van der Waals surface area contributed by atoms with E-state index in [2.05, 4.69) is 15.9 Å². The Balaban J connectivity index is 2.94. The number of rotatable bonds is 2. The normalized spacial score (nSPS) is 15.7. The Labute approximate surface area is 80.5 Å². The van der Waals surface area contributed by atoms with Crippen molar-refractivity contribution in [3.05, 3.63) is 34.3 Å². The molecular weight excluding hydrogens is 218 g/mol. The third kappa shape index (κ3) is 2.06. The molecule has 0 aromatic heterocycles. The monoisotopic (exact) mass is 229 g/mol. The molecule has 0 heterocycles. The van der Waals surface area contributed by atoms with Gasteiger partial charge in [0.05, 0.1) is 12.1 Å². The Morgan fingerprint density at radius 2 is 2.00 bits per heavy atom. The molecule has 0 saturated carbocycles. The molecule has 1 rings (SSSR count). The van der Waals surface area contributed by atoms with Crippen LogP contribution in [-0.2, 0) is 0 Å². The van der Waals surface area contributed by atoms with Crippen molar-refractivity contribution in [1.29, 1.82) is 0 Å². The highest BCUT2D eigenvalue weighted by Gasteiger charge is 2.13. The van der Waals surface area contributed by atoms with Gasteiger partial charge in [-0.3, -0.25) is 0 Å². The number of hydrogen-bond acceptors (Lipinski definition) is 2. The van der Waals surface area contributed by atoms with Gasteiger partial charge in [0.25, 0.3) is 0 Å². The van der Waals surface area contributed by atoms with E-state index in [0.29, 0.717) is 0 Å². The lowest BCUT2D eigenvalue weighted by Crippen LogP contribution is -2.23. The molecule has 0 saturated heterocycles. The van der Waals surface area contributed by atoms with Gasteiger partial charge in [0.1, 0.15) is 0 Å². The highest BCUT2D eigenvalue weighted by Crippen LogP contribution is 2.23. The number of halogens is 1. The van der Waals surface area contributed by atoms with E-state index < -0.39 is 6.10 Å². The topological polar surface area (TPSA) is 46.2 Å². The van der Waals surface area contributed by atoms with E-state index in [1.165, 1.54) is 0 Å². The summed E-state index contributed by atoms with van der Waals surface area (Å²) in [7, 11) is 0. The highest BCUT2D eigenvalue weighted by atomic mass is 79.9.